The van der Waals surface area contributed by atoms with Gasteiger partial charge in [0.05, 0.1) is 50.5 Å². The van der Waals surface area contributed by atoms with Crippen molar-refractivity contribution >= 4 is 40.8 Å². The number of β-amino-alcohol motifs (C(OH)–C–C–N with tert-alkyl or cyclic N) is 1. The summed E-state index contributed by atoms with van der Waals surface area (Å²) in [6.45, 7) is 2.33. The van der Waals surface area contributed by atoms with Crippen LogP contribution in [0.2, 0.25) is 10.0 Å². The molecule has 36 heavy (non-hydrogen) atoms. The van der Waals surface area contributed by atoms with Crippen molar-refractivity contribution in [3.8, 4) is 0 Å². The van der Waals surface area contributed by atoms with E-state index in [0.717, 1.165) is 5.56 Å². The molecule has 2 heterocycles. The number of fused-ring (bicyclic) bond motifs is 1. The van der Waals surface area contributed by atoms with Gasteiger partial charge in [0, 0.05) is 15.7 Å². The molecule has 2 aromatic carbocycles. The number of carbonyl (C=O) groups excluding carboxylic acids is 2. The molecule has 2 fully saturated rings. The van der Waals surface area contributed by atoms with Crippen LogP contribution in [0, 0.1) is 0 Å². The highest BCUT2D eigenvalue weighted by Gasteiger charge is 2.40. The third-order valence-corrected chi connectivity index (χ3v) is 6.88. The van der Waals surface area contributed by atoms with E-state index in [0.29, 0.717) is 28.6 Å². The first-order chi connectivity index (χ1) is 17.3. The number of hydrogen-bond acceptors (Lipinski definition) is 5. The lowest BCUT2D eigenvalue weighted by molar-refractivity contribution is -0.150. The molecule has 0 bridgehead atoms. The monoisotopic (exact) mass is 535 g/mol. The number of rotatable bonds is 5. The third-order valence-electron chi connectivity index (χ3n) is 6.45. The first-order valence-corrected chi connectivity index (χ1v) is 12.8. The molecule has 10 heteroatoms. The van der Waals surface area contributed by atoms with Crippen LogP contribution in [0.15, 0.2) is 48.5 Å². The van der Waals surface area contributed by atoms with Gasteiger partial charge in [-0.25, -0.2) is 4.79 Å². The van der Waals surface area contributed by atoms with Crippen molar-refractivity contribution in [1.82, 2.24) is 10.2 Å². The zero-order chi connectivity index (χ0) is 25.7. The number of hydrogen-bond donors (Lipinski definition) is 3. The third kappa shape index (κ3) is 7.11. The molecule has 2 saturated heterocycles. The Hall–Kier alpha value is -2.36. The molecule has 0 spiro atoms. The van der Waals surface area contributed by atoms with E-state index in [4.69, 9.17) is 32.7 Å². The molecule has 0 aromatic heterocycles. The maximum absolute atomic E-state index is 13.2. The number of aliphatic hydroxyl groups excluding tert-OH is 1. The van der Waals surface area contributed by atoms with Gasteiger partial charge in [-0.3, -0.25) is 4.79 Å². The molecule has 0 radical (unpaired) electrons. The lowest BCUT2D eigenvalue weighted by atomic mass is 9.94. The summed E-state index contributed by atoms with van der Waals surface area (Å²) in [6.07, 6.45) is -0.130. The summed E-state index contributed by atoms with van der Waals surface area (Å²) in [5, 5.41) is 17.0. The number of aliphatic hydroxyl groups is 1. The van der Waals surface area contributed by atoms with E-state index in [2.05, 4.69) is 10.6 Å². The van der Waals surface area contributed by atoms with Gasteiger partial charge in [0.2, 0.25) is 5.91 Å². The van der Waals surface area contributed by atoms with E-state index in [1.54, 1.807) is 23.1 Å². The van der Waals surface area contributed by atoms with Crippen molar-refractivity contribution in [2.24, 2.45) is 0 Å². The van der Waals surface area contributed by atoms with Crippen molar-refractivity contribution in [2.75, 3.05) is 25.1 Å². The van der Waals surface area contributed by atoms with Gasteiger partial charge in [-0.05, 0) is 43.5 Å². The fourth-order valence-corrected chi connectivity index (χ4v) is 5.25. The van der Waals surface area contributed by atoms with Gasteiger partial charge in [0.25, 0.3) is 0 Å². The highest BCUT2D eigenvalue weighted by molar-refractivity contribution is 6.35. The van der Waals surface area contributed by atoms with Gasteiger partial charge in [-0.2, -0.15) is 0 Å². The smallest absolute Gasteiger partial charge is 0.322 e. The van der Waals surface area contributed by atoms with Gasteiger partial charge in [0.15, 0.2) is 0 Å². The summed E-state index contributed by atoms with van der Waals surface area (Å²) in [4.78, 5) is 27.5. The first-order valence-electron chi connectivity index (χ1n) is 12.1. The van der Waals surface area contributed by atoms with Crippen molar-refractivity contribution in [2.45, 2.75) is 56.6 Å². The number of urea groups is 1. The summed E-state index contributed by atoms with van der Waals surface area (Å²) < 4.78 is 11.9. The van der Waals surface area contributed by atoms with E-state index in [1.165, 1.54) is 0 Å². The number of anilines is 1. The molecule has 0 aliphatic carbocycles. The Labute approximate surface area is 220 Å². The molecule has 4 rings (SSSR count). The predicted octanol–water partition coefficient (Wildman–Crippen LogP) is 4.40. The maximum atomic E-state index is 13.2. The molecular formula is C26H31Cl2N3O5. The molecule has 5 atom stereocenters. The Morgan fingerprint density at radius 3 is 2.56 bits per heavy atom. The minimum Gasteiger partial charge on any atom is -0.389 e. The second-order valence-electron chi connectivity index (χ2n) is 9.28. The molecular weight excluding hydrogens is 505 g/mol. The van der Waals surface area contributed by atoms with E-state index >= 15 is 0 Å². The number of carbonyl (C=O) groups is 2. The van der Waals surface area contributed by atoms with Gasteiger partial charge < -0.3 is 30.1 Å². The SMILES string of the molecule is C[C@H](NC(=O)C[C@H]1CC[C@@H]2[C@H](COC[C@H](O)CN2C(=O)Nc2cc(Cl)cc(Cl)c2)O1)c1ccccc1. The van der Waals surface area contributed by atoms with Crippen LogP contribution < -0.4 is 10.6 Å². The van der Waals surface area contributed by atoms with Gasteiger partial charge >= 0.3 is 6.03 Å². The summed E-state index contributed by atoms with van der Waals surface area (Å²) in [5.74, 6) is -0.0931. The van der Waals surface area contributed by atoms with Gasteiger partial charge in [0.1, 0.15) is 6.10 Å². The van der Waals surface area contributed by atoms with Crippen molar-refractivity contribution in [3.05, 3.63) is 64.1 Å². The minimum atomic E-state index is -0.831. The summed E-state index contributed by atoms with van der Waals surface area (Å²) in [5.41, 5.74) is 1.49. The number of ether oxygens (including phenoxy) is 2. The first kappa shape index (κ1) is 26.7. The number of benzene rings is 2. The van der Waals surface area contributed by atoms with Gasteiger partial charge in [-0.1, -0.05) is 53.5 Å². The fraction of sp³-hybridized carbons (Fsp3) is 0.462. The van der Waals surface area contributed by atoms with Crippen LogP contribution in [0.3, 0.4) is 0 Å². The van der Waals surface area contributed by atoms with Crippen molar-refractivity contribution in [1.29, 1.82) is 0 Å². The highest BCUT2D eigenvalue weighted by atomic mass is 35.5. The molecule has 3 amide bonds. The van der Waals surface area contributed by atoms with Crippen LogP contribution in [0.4, 0.5) is 10.5 Å². The molecule has 2 aromatic rings. The van der Waals surface area contributed by atoms with Crippen LogP contribution in [-0.4, -0.2) is 66.1 Å². The zero-order valence-electron chi connectivity index (χ0n) is 20.0. The van der Waals surface area contributed by atoms with E-state index < -0.39 is 12.2 Å². The molecule has 2 aliphatic rings. The van der Waals surface area contributed by atoms with Crippen molar-refractivity contribution in [3.63, 3.8) is 0 Å². The quantitative estimate of drug-likeness (QED) is 0.526. The second kappa shape index (κ2) is 12.3. The van der Waals surface area contributed by atoms with E-state index in [-0.39, 0.29) is 56.3 Å². The molecule has 194 valence electrons. The Morgan fingerprint density at radius 1 is 1.11 bits per heavy atom. The largest absolute Gasteiger partial charge is 0.389 e. The van der Waals surface area contributed by atoms with Crippen LogP contribution in [0.5, 0.6) is 0 Å². The lowest BCUT2D eigenvalue weighted by Gasteiger charge is -2.44. The predicted molar refractivity (Wildman–Crippen MR) is 138 cm³/mol. The number of amides is 3. The molecule has 3 N–H and O–H groups in total. The topological polar surface area (TPSA) is 100 Å². The van der Waals surface area contributed by atoms with Gasteiger partial charge in [-0.15, -0.1) is 0 Å². The summed E-state index contributed by atoms with van der Waals surface area (Å²) in [7, 11) is 0. The lowest BCUT2D eigenvalue weighted by Crippen LogP contribution is -2.58. The highest BCUT2D eigenvalue weighted by Crippen LogP contribution is 2.29. The standard InChI is InChI=1S/C26H31Cl2N3O5/c1-16(17-5-3-2-4-6-17)29-25(33)12-22-7-8-23-24(36-22)15-35-14-21(32)13-31(23)26(34)30-20-10-18(27)9-19(28)11-20/h2-6,9-11,16,21-24,32H,7-8,12-15H2,1H3,(H,29,33)(H,30,34)/t16-,21+,22+,23+,24-/m0/s1. The Bertz CT molecular complexity index is 1040. The Balaban J connectivity index is 1.39. The van der Waals surface area contributed by atoms with Crippen molar-refractivity contribution < 1.29 is 24.2 Å². The maximum Gasteiger partial charge on any atom is 0.322 e. The fourth-order valence-electron chi connectivity index (χ4n) is 4.73. The Kier molecular flexibility index (Phi) is 9.09. The van der Waals surface area contributed by atoms with E-state index in [1.807, 2.05) is 37.3 Å². The normalized spacial score (nSPS) is 25.2. The molecule has 0 saturated carbocycles. The summed E-state index contributed by atoms with van der Waals surface area (Å²) in [6, 6.07) is 13.7. The number of nitrogens with one attached hydrogen (secondary N) is 2. The number of nitrogens with zero attached hydrogens (tertiary/aromatic N) is 1. The zero-order valence-corrected chi connectivity index (χ0v) is 21.5. The second-order valence-corrected chi connectivity index (χ2v) is 10.2. The molecule has 8 nitrogen and oxygen atoms in total. The summed E-state index contributed by atoms with van der Waals surface area (Å²) >= 11 is 12.1. The molecule has 2 aliphatic heterocycles. The van der Waals surface area contributed by atoms with Crippen LogP contribution >= 0.6 is 23.2 Å². The molecule has 0 unspecified atom stereocenters. The average Bonchev–Trinajstić information content (AvgIpc) is 2.81. The number of halogens is 2. The Morgan fingerprint density at radius 2 is 1.83 bits per heavy atom. The van der Waals surface area contributed by atoms with Crippen LogP contribution in [0.1, 0.15) is 37.8 Å². The van der Waals surface area contributed by atoms with Crippen LogP contribution in [-0.2, 0) is 14.3 Å². The van der Waals surface area contributed by atoms with Crippen LogP contribution in [0.25, 0.3) is 0 Å². The average molecular weight is 536 g/mol. The minimum absolute atomic E-state index is 0.0824. The van der Waals surface area contributed by atoms with E-state index in [9.17, 15) is 14.7 Å².